The Bertz CT molecular complexity index is 999. The summed E-state index contributed by atoms with van der Waals surface area (Å²) in [5, 5.41) is 1.97. The molecule has 0 saturated heterocycles. The molecule has 0 spiro atoms. The van der Waals surface area contributed by atoms with Crippen LogP contribution in [0, 0.1) is 23.3 Å². The zero-order chi connectivity index (χ0) is 21.1. The van der Waals surface area contributed by atoms with E-state index in [0.717, 1.165) is 24.3 Å². The number of nitrogens with one attached hydrogen (secondary N) is 1. The van der Waals surface area contributed by atoms with Crippen molar-refractivity contribution in [3.8, 4) is 5.75 Å². The largest absolute Gasteiger partial charge is 0.495 e. The summed E-state index contributed by atoms with van der Waals surface area (Å²) in [6, 6.07) is 4.27. The molecule has 2 aromatic rings. The molecule has 2 rings (SSSR count). The molecule has 0 aliphatic heterocycles. The molecule has 0 atom stereocenters. The zero-order valence-corrected chi connectivity index (χ0v) is 15.6. The molecule has 0 aliphatic carbocycles. The molecular formula is C17H16F4N2O4S. The lowest BCUT2D eigenvalue weighted by Gasteiger charge is -2.21. The lowest BCUT2D eigenvalue weighted by atomic mass is 10.2. The van der Waals surface area contributed by atoms with Crippen molar-refractivity contribution in [3.63, 3.8) is 0 Å². The molecule has 6 nitrogen and oxygen atoms in total. The number of halogens is 4. The first-order valence-electron chi connectivity index (χ1n) is 7.88. The number of nitrogens with zero attached hydrogens (tertiary/aromatic N) is 1. The van der Waals surface area contributed by atoms with Crippen LogP contribution < -0.4 is 10.1 Å². The van der Waals surface area contributed by atoms with Gasteiger partial charge in [0.1, 0.15) is 16.5 Å². The van der Waals surface area contributed by atoms with Crippen molar-refractivity contribution in [2.45, 2.75) is 11.8 Å². The van der Waals surface area contributed by atoms with Gasteiger partial charge in [0.2, 0.25) is 15.9 Å². The standard InChI is InChI=1S/C17H16F4N2O4S/c1-3-23(28(25,26)14-8-10(18)4-7-13(14)27-2)9-15(24)22-12-6-5-11(19)16(20)17(12)21/h4-8H,3,9H2,1-2H3,(H,22,24). The number of carbonyl (C=O) groups excluding carboxylic acids is 1. The van der Waals surface area contributed by atoms with Crippen LogP contribution in [0.4, 0.5) is 23.2 Å². The Morgan fingerprint density at radius 3 is 2.39 bits per heavy atom. The Labute approximate surface area is 158 Å². The molecule has 0 fully saturated rings. The van der Waals surface area contributed by atoms with E-state index >= 15 is 0 Å². The second kappa shape index (κ2) is 8.57. The topological polar surface area (TPSA) is 75.7 Å². The van der Waals surface area contributed by atoms with Gasteiger partial charge in [0.25, 0.3) is 0 Å². The van der Waals surface area contributed by atoms with Crippen molar-refractivity contribution < 1.29 is 35.5 Å². The van der Waals surface area contributed by atoms with E-state index in [1.807, 2.05) is 5.32 Å². The molecule has 0 aromatic heterocycles. The average Bonchev–Trinajstić information content (AvgIpc) is 2.66. The van der Waals surface area contributed by atoms with Crippen molar-refractivity contribution in [2.75, 3.05) is 25.5 Å². The average molecular weight is 420 g/mol. The summed E-state index contributed by atoms with van der Waals surface area (Å²) in [6.07, 6.45) is 0. The fraction of sp³-hybridized carbons (Fsp3) is 0.235. The summed E-state index contributed by atoms with van der Waals surface area (Å²) >= 11 is 0. The van der Waals surface area contributed by atoms with Crippen LogP contribution in [0.5, 0.6) is 5.75 Å². The summed E-state index contributed by atoms with van der Waals surface area (Å²) < 4.78 is 84.5. The molecule has 152 valence electrons. The molecule has 0 heterocycles. The number of amides is 1. The Morgan fingerprint density at radius 2 is 1.79 bits per heavy atom. The molecule has 28 heavy (non-hydrogen) atoms. The van der Waals surface area contributed by atoms with Crippen molar-refractivity contribution in [1.29, 1.82) is 0 Å². The minimum absolute atomic E-state index is 0.132. The van der Waals surface area contributed by atoms with Crippen LogP contribution in [0.15, 0.2) is 35.2 Å². The summed E-state index contributed by atoms with van der Waals surface area (Å²) in [6.45, 7) is 0.460. The maximum Gasteiger partial charge on any atom is 0.247 e. The van der Waals surface area contributed by atoms with Gasteiger partial charge in [-0.05, 0) is 30.3 Å². The number of anilines is 1. The van der Waals surface area contributed by atoms with E-state index in [9.17, 15) is 30.8 Å². The minimum atomic E-state index is -4.35. The van der Waals surface area contributed by atoms with Gasteiger partial charge in [-0.3, -0.25) is 4.79 Å². The lowest BCUT2D eigenvalue weighted by Crippen LogP contribution is -2.38. The van der Waals surface area contributed by atoms with Gasteiger partial charge in [0, 0.05) is 6.54 Å². The predicted molar refractivity (Wildman–Crippen MR) is 92.3 cm³/mol. The van der Waals surface area contributed by atoms with Gasteiger partial charge >= 0.3 is 0 Å². The number of ether oxygens (including phenoxy) is 1. The second-order valence-electron chi connectivity index (χ2n) is 5.50. The van der Waals surface area contributed by atoms with E-state index in [0.29, 0.717) is 10.4 Å². The maximum absolute atomic E-state index is 13.7. The first-order valence-corrected chi connectivity index (χ1v) is 9.32. The molecule has 1 N–H and O–H groups in total. The van der Waals surface area contributed by atoms with E-state index in [2.05, 4.69) is 0 Å². The van der Waals surface area contributed by atoms with Crippen LogP contribution in [0.1, 0.15) is 6.92 Å². The summed E-state index contributed by atoms with van der Waals surface area (Å²) in [7, 11) is -3.15. The molecule has 0 radical (unpaired) electrons. The van der Waals surface area contributed by atoms with E-state index in [-0.39, 0.29) is 12.3 Å². The third-order valence-corrected chi connectivity index (χ3v) is 5.67. The number of hydrogen-bond acceptors (Lipinski definition) is 4. The van der Waals surface area contributed by atoms with Crippen LogP contribution >= 0.6 is 0 Å². The fourth-order valence-corrected chi connectivity index (χ4v) is 3.90. The number of methoxy groups -OCH3 is 1. The first kappa shape index (κ1) is 21.6. The van der Waals surface area contributed by atoms with Crippen LogP contribution in [0.2, 0.25) is 0 Å². The second-order valence-corrected chi connectivity index (χ2v) is 7.40. The lowest BCUT2D eigenvalue weighted by molar-refractivity contribution is -0.116. The molecule has 0 unspecified atom stereocenters. The van der Waals surface area contributed by atoms with E-state index < -0.39 is 56.3 Å². The molecule has 0 saturated carbocycles. The number of carbonyl (C=O) groups is 1. The van der Waals surface area contributed by atoms with Crippen molar-refractivity contribution in [3.05, 3.63) is 53.6 Å². The van der Waals surface area contributed by atoms with Gasteiger partial charge < -0.3 is 10.1 Å². The third-order valence-electron chi connectivity index (χ3n) is 3.73. The van der Waals surface area contributed by atoms with Crippen molar-refractivity contribution >= 4 is 21.6 Å². The predicted octanol–water partition coefficient (Wildman–Crippen LogP) is 2.90. The van der Waals surface area contributed by atoms with Gasteiger partial charge in [-0.1, -0.05) is 6.92 Å². The molecule has 11 heteroatoms. The summed E-state index contributed by atoms with van der Waals surface area (Å²) in [5.74, 6) is -6.80. The van der Waals surface area contributed by atoms with E-state index in [4.69, 9.17) is 4.74 Å². The number of hydrogen-bond donors (Lipinski definition) is 1. The van der Waals surface area contributed by atoms with Gasteiger partial charge in [-0.25, -0.2) is 26.0 Å². The SMILES string of the molecule is CCN(CC(=O)Nc1ccc(F)c(F)c1F)S(=O)(=O)c1cc(F)ccc1OC. The number of sulfonamides is 1. The highest BCUT2D eigenvalue weighted by molar-refractivity contribution is 7.89. The van der Waals surface area contributed by atoms with Crippen LogP contribution in [-0.2, 0) is 14.8 Å². The fourth-order valence-electron chi connectivity index (χ4n) is 2.33. The molecule has 0 bridgehead atoms. The van der Waals surface area contributed by atoms with Gasteiger partial charge in [-0.2, -0.15) is 4.31 Å². The monoisotopic (exact) mass is 420 g/mol. The highest BCUT2D eigenvalue weighted by atomic mass is 32.2. The molecule has 1 amide bonds. The number of benzene rings is 2. The highest BCUT2D eigenvalue weighted by Crippen LogP contribution is 2.27. The zero-order valence-electron chi connectivity index (χ0n) is 14.8. The minimum Gasteiger partial charge on any atom is -0.495 e. The Morgan fingerprint density at radius 1 is 1.11 bits per heavy atom. The number of rotatable bonds is 7. The van der Waals surface area contributed by atoms with Crippen molar-refractivity contribution in [1.82, 2.24) is 4.31 Å². The highest BCUT2D eigenvalue weighted by Gasteiger charge is 2.29. The van der Waals surface area contributed by atoms with Gasteiger partial charge in [-0.15, -0.1) is 0 Å². The molecular weight excluding hydrogens is 404 g/mol. The first-order chi connectivity index (χ1) is 13.1. The van der Waals surface area contributed by atoms with Crippen LogP contribution in [-0.4, -0.2) is 38.8 Å². The van der Waals surface area contributed by atoms with Crippen molar-refractivity contribution in [2.24, 2.45) is 0 Å². The summed E-state index contributed by atoms with van der Waals surface area (Å²) in [4.78, 5) is 11.6. The maximum atomic E-state index is 13.7. The van der Waals surface area contributed by atoms with Crippen LogP contribution in [0.3, 0.4) is 0 Å². The van der Waals surface area contributed by atoms with E-state index in [1.54, 1.807) is 0 Å². The Balaban J connectivity index is 2.27. The Kier molecular flexibility index (Phi) is 6.62. The van der Waals surface area contributed by atoms with Gasteiger partial charge in [0.15, 0.2) is 17.5 Å². The molecule has 2 aromatic carbocycles. The number of likely N-dealkylation sites (N-methyl/N-ethyl adjacent to an activating group) is 1. The smallest absolute Gasteiger partial charge is 0.247 e. The Hall–Kier alpha value is -2.66. The summed E-state index contributed by atoms with van der Waals surface area (Å²) in [5.41, 5.74) is -0.652. The normalized spacial score (nSPS) is 11.5. The van der Waals surface area contributed by atoms with Crippen LogP contribution in [0.25, 0.3) is 0 Å². The van der Waals surface area contributed by atoms with Gasteiger partial charge in [0.05, 0.1) is 19.3 Å². The molecule has 0 aliphatic rings. The quantitative estimate of drug-likeness (QED) is 0.552. The third kappa shape index (κ3) is 4.42. The van der Waals surface area contributed by atoms with E-state index in [1.165, 1.54) is 14.0 Å².